The van der Waals surface area contributed by atoms with Gasteiger partial charge in [0, 0.05) is 25.3 Å². The summed E-state index contributed by atoms with van der Waals surface area (Å²) in [6.07, 6.45) is 0.778. The molecule has 0 aliphatic rings. The summed E-state index contributed by atoms with van der Waals surface area (Å²) in [6.45, 7) is 7.82. The van der Waals surface area contributed by atoms with Crippen molar-refractivity contribution in [3.63, 3.8) is 0 Å². The SMILES string of the molecule is Cc1cccc(CNCC(C)(C)CCO)c1O. The predicted octanol–water partition coefficient (Wildman–Crippen LogP) is 2.20. The zero-order valence-electron chi connectivity index (χ0n) is 11.0. The number of aryl methyl sites for hydroxylation is 1. The molecule has 1 aromatic rings. The van der Waals surface area contributed by atoms with Crippen molar-refractivity contribution in [3.05, 3.63) is 29.3 Å². The number of aliphatic hydroxyl groups is 1. The van der Waals surface area contributed by atoms with Crippen LogP contribution in [0.3, 0.4) is 0 Å². The number of rotatable bonds is 6. The van der Waals surface area contributed by atoms with E-state index in [9.17, 15) is 5.11 Å². The Morgan fingerprint density at radius 1 is 1.29 bits per heavy atom. The highest BCUT2D eigenvalue weighted by molar-refractivity contribution is 5.39. The van der Waals surface area contributed by atoms with Crippen LogP contribution in [-0.4, -0.2) is 23.4 Å². The van der Waals surface area contributed by atoms with Crippen LogP contribution in [0.4, 0.5) is 0 Å². The average molecular weight is 237 g/mol. The Bertz CT molecular complexity index is 361. The van der Waals surface area contributed by atoms with E-state index in [1.165, 1.54) is 0 Å². The highest BCUT2D eigenvalue weighted by Crippen LogP contribution is 2.22. The molecule has 0 atom stereocenters. The second kappa shape index (κ2) is 6.03. The number of para-hydroxylation sites is 1. The fourth-order valence-corrected chi connectivity index (χ4v) is 1.79. The minimum Gasteiger partial charge on any atom is -0.507 e. The topological polar surface area (TPSA) is 52.5 Å². The van der Waals surface area contributed by atoms with Crippen LogP contribution in [0.1, 0.15) is 31.4 Å². The van der Waals surface area contributed by atoms with E-state index >= 15 is 0 Å². The number of hydrogen-bond acceptors (Lipinski definition) is 3. The summed E-state index contributed by atoms with van der Waals surface area (Å²) in [7, 11) is 0. The zero-order valence-corrected chi connectivity index (χ0v) is 11.0. The van der Waals surface area contributed by atoms with Crippen LogP contribution in [0.5, 0.6) is 5.75 Å². The molecule has 1 rings (SSSR count). The molecule has 0 aromatic heterocycles. The summed E-state index contributed by atoms with van der Waals surface area (Å²) in [4.78, 5) is 0. The maximum atomic E-state index is 9.85. The maximum Gasteiger partial charge on any atom is 0.122 e. The first-order chi connectivity index (χ1) is 7.96. The van der Waals surface area contributed by atoms with Crippen molar-refractivity contribution in [1.82, 2.24) is 5.32 Å². The Morgan fingerprint density at radius 3 is 2.65 bits per heavy atom. The van der Waals surface area contributed by atoms with Crippen molar-refractivity contribution in [2.45, 2.75) is 33.7 Å². The van der Waals surface area contributed by atoms with E-state index in [1.54, 1.807) is 0 Å². The van der Waals surface area contributed by atoms with Crippen molar-refractivity contribution in [2.24, 2.45) is 5.41 Å². The van der Waals surface area contributed by atoms with Crippen molar-refractivity contribution in [1.29, 1.82) is 0 Å². The molecule has 3 N–H and O–H groups in total. The standard InChI is InChI=1S/C14H23NO2/c1-11-5-4-6-12(13(11)17)9-15-10-14(2,3)7-8-16/h4-6,15-17H,7-10H2,1-3H3. The summed E-state index contributed by atoms with van der Waals surface area (Å²) >= 11 is 0. The quantitative estimate of drug-likeness (QED) is 0.711. The molecule has 1 aromatic carbocycles. The summed E-state index contributed by atoms with van der Waals surface area (Å²) in [5.41, 5.74) is 1.90. The van der Waals surface area contributed by atoms with Crippen molar-refractivity contribution in [2.75, 3.05) is 13.2 Å². The van der Waals surface area contributed by atoms with Gasteiger partial charge in [0.15, 0.2) is 0 Å². The fourth-order valence-electron chi connectivity index (χ4n) is 1.79. The second-order valence-corrected chi connectivity index (χ2v) is 5.32. The first-order valence-corrected chi connectivity index (χ1v) is 6.05. The maximum absolute atomic E-state index is 9.85. The lowest BCUT2D eigenvalue weighted by Crippen LogP contribution is -2.29. The van der Waals surface area contributed by atoms with E-state index in [0.717, 1.165) is 24.1 Å². The predicted molar refractivity (Wildman–Crippen MR) is 70.0 cm³/mol. The van der Waals surface area contributed by atoms with Gasteiger partial charge in [-0.1, -0.05) is 32.0 Å². The monoisotopic (exact) mass is 237 g/mol. The normalized spacial score (nSPS) is 11.8. The lowest BCUT2D eigenvalue weighted by molar-refractivity contribution is 0.207. The Morgan fingerprint density at radius 2 is 2.00 bits per heavy atom. The number of aliphatic hydroxyl groups excluding tert-OH is 1. The molecule has 0 aliphatic carbocycles. The van der Waals surface area contributed by atoms with E-state index in [4.69, 9.17) is 5.11 Å². The summed E-state index contributed by atoms with van der Waals surface area (Å²) < 4.78 is 0. The van der Waals surface area contributed by atoms with Gasteiger partial charge in [-0.2, -0.15) is 0 Å². The minimum absolute atomic E-state index is 0.0776. The molecular weight excluding hydrogens is 214 g/mol. The van der Waals surface area contributed by atoms with Gasteiger partial charge in [0.25, 0.3) is 0 Å². The van der Waals surface area contributed by atoms with Gasteiger partial charge in [-0.3, -0.25) is 0 Å². The Balaban J connectivity index is 2.49. The molecule has 3 nitrogen and oxygen atoms in total. The van der Waals surface area contributed by atoms with Crippen LogP contribution in [0.2, 0.25) is 0 Å². The molecule has 17 heavy (non-hydrogen) atoms. The number of phenols is 1. The fraction of sp³-hybridized carbons (Fsp3) is 0.571. The first kappa shape index (κ1) is 14.0. The highest BCUT2D eigenvalue weighted by Gasteiger charge is 2.16. The van der Waals surface area contributed by atoms with E-state index in [0.29, 0.717) is 12.3 Å². The number of aromatic hydroxyl groups is 1. The molecule has 0 fully saturated rings. The van der Waals surface area contributed by atoms with Gasteiger partial charge < -0.3 is 15.5 Å². The molecule has 0 radical (unpaired) electrons. The lowest BCUT2D eigenvalue weighted by atomic mass is 9.89. The molecule has 0 bridgehead atoms. The van der Waals surface area contributed by atoms with Gasteiger partial charge in [-0.05, 0) is 24.3 Å². The molecular formula is C14H23NO2. The van der Waals surface area contributed by atoms with Gasteiger partial charge >= 0.3 is 0 Å². The van der Waals surface area contributed by atoms with Crippen LogP contribution >= 0.6 is 0 Å². The van der Waals surface area contributed by atoms with Crippen molar-refractivity contribution in [3.8, 4) is 5.75 Å². The lowest BCUT2D eigenvalue weighted by Gasteiger charge is -2.24. The van der Waals surface area contributed by atoms with E-state index < -0.39 is 0 Å². The van der Waals surface area contributed by atoms with Crippen LogP contribution in [0.15, 0.2) is 18.2 Å². The average Bonchev–Trinajstić information content (AvgIpc) is 2.24. The molecule has 3 heteroatoms. The molecule has 0 saturated heterocycles. The Hall–Kier alpha value is -1.06. The third kappa shape index (κ3) is 4.36. The van der Waals surface area contributed by atoms with Crippen LogP contribution in [0, 0.1) is 12.3 Å². The van der Waals surface area contributed by atoms with Crippen LogP contribution < -0.4 is 5.32 Å². The number of nitrogens with one attached hydrogen (secondary N) is 1. The van der Waals surface area contributed by atoms with Gasteiger partial charge in [0.1, 0.15) is 5.75 Å². The molecule has 0 amide bonds. The third-order valence-corrected chi connectivity index (χ3v) is 3.03. The minimum atomic E-state index is 0.0776. The van der Waals surface area contributed by atoms with E-state index in [2.05, 4.69) is 19.2 Å². The van der Waals surface area contributed by atoms with Gasteiger partial charge in [0.05, 0.1) is 0 Å². The summed E-state index contributed by atoms with van der Waals surface area (Å²) in [5, 5.41) is 22.1. The molecule has 0 unspecified atom stereocenters. The van der Waals surface area contributed by atoms with Gasteiger partial charge in [-0.15, -0.1) is 0 Å². The Kier molecular flexibility index (Phi) is 4.97. The zero-order chi connectivity index (χ0) is 12.9. The van der Waals surface area contributed by atoms with Crippen LogP contribution in [-0.2, 0) is 6.54 Å². The highest BCUT2D eigenvalue weighted by atomic mass is 16.3. The van der Waals surface area contributed by atoms with E-state index in [-0.39, 0.29) is 12.0 Å². The molecule has 0 spiro atoms. The van der Waals surface area contributed by atoms with Gasteiger partial charge in [-0.25, -0.2) is 0 Å². The van der Waals surface area contributed by atoms with Crippen LogP contribution in [0.25, 0.3) is 0 Å². The van der Waals surface area contributed by atoms with Gasteiger partial charge in [0.2, 0.25) is 0 Å². The largest absolute Gasteiger partial charge is 0.507 e. The van der Waals surface area contributed by atoms with E-state index in [1.807, 2.05) is 25.1 Å². The molecule has 0 aliphatic heterocycles. The van der Waals surface area contributed by atoms with Crippen molar-refractivity contribution < 1.29 is 10.2 Å². The smallest absolute Gasteiger partial charge is 0.122 e. The molecule has 0 heterocycles. The first-order valence-electron chi connectivity index (χ1n) is 6.05. The number of benzene rings is 1. The Labute approximate surface area is 103 Å². The second-order valence-electron chi connectivity index (χ2n) is 5.32. The summed E-state index contributed by atoms with van der Waals surface area (Å²) in [5.74, 6) is 0.375. The number of phenolic OH excluding ortho intramolecular Hbond substituents is 1. The summed E-state index contributed by atoms with van der Waals surface area (Å²) in [6, 6.07) is 5.77. The molecule has 96 valence electrons. The van der Waals surface area contributed by atoms with Crippen molar-refractivity contribution >= 4 is 0 Å². The molecule has 0 saturated carbocycles. The number of hydrogen-bond donors (Lipinski definition) is 3. The third-order valence-electron chi connectivity index (χ3n) is 3.03.